The van der Waals surface area contributed by atoms with Gasteiger partial charge in [0.2, 0.25) is 12.1 Å². The number of benzene rings is 5. The number of carbonyl (C=O) groups excluding carboxylic acids is 6. The standard InChI is InChI=1S/C46H42Cl4N8O6/c1-23-17-38(54-46(64)42(28(6)60)58-56-40-22-32(14-16-36(40)50)44(62)52-34-12-8-10-30(20-34)26(4)48)24(2)18-37(23)53-45(63)41(27(5)59)57-55-39-21-31(13-15-35(39)49)43(61)51-33-11-7-9-29(19-33)25(3)47/h7-22,25-26,41-42H,1-6H3,(H,51,61)(H,52,62)(H,53,63)(H,54,64). The number of nitrogens with one attached hydrogen (secondary N) is 4. The molecule has 5 aromatic rings. The molecule has 5 aromatic carbocycles. The van der Waals surface area contributed by atoms with Crippen molar-refractivity contribution in [1.82, 2.24) is 0 Å². The van der Waals surface area contributed by atoms with Crippen molar-refractivity contribution < 1.29 is 28.8 Å². The second kappa shape index (κ2) is 21.8. The zero-order chi connectivity index (χ0) is 46.8. The molecule has 0 aliphatic carbocycles. The van der Waals surface area contributed by atoms with Crippen LogP contribution in [0.15, 0.2) is 118 Å². The summed E-state index contributed by atoms with van der Waals surface area (Å²) in [6.45, 7) is 9.29. The zero-order valence-corrected chi connectivity index (χ0v) is 38.3. The predicted molar refractivity (Wildman–Crippen MR) is 251 cm³/mol. The molecule has 4 amide bonds. The molecular formula is C46H42Cl4N8O6. The summed E-state index contributed by atoms with van der Waals surface area (Å²) in [5.41, 5.74) is 4.74. The highest BCUT2D eigenvalue weighted by Crippen LogP contribution is 2.31. The van der Waals surface area contributed by atoms with Crippen LogP contribution in [0.1, 0.15) is 81.4 Å². The number of carbonyl (C=O) groups is 6. The van der Waals surface area contributed by atoms with E-state index >= 15 is 0 Å². The van der Waals surface area contributed by atoms with Gasteiger partial charge >= 0.3 is 0 Å². The summed E-state index contributed by atoms with van der Waals surface area (Å²) in [7, 11) is 0. The van der Waals surface area contributed by atoms with Crippen molar-refractivity contribution in [2.45, 2.75) is 64.4 Å². The van der Waals surface area contributed by atoms with Crippen molar-refractivity contribution in [1.29, 1.82) is 0 Å². The minimum atomic E-state index is -1.59. The smallest absolute Gasteiger partial charge is 0.258 e. The maximum atomic E-state index is 13.4. The Morgan fingerprint density at radius 1 is 0.516 bits per heavy atom. The monoisotopic (exact) mass is 942 g/mol. The number of ketones is 2. The molecular weight excluding hydrogens is 902 g/mol. The van der Waals surface area contributed by atoms with Crippen LogP contribution in [0.3, 0.4) is 0 Å². The fraction of sp³-hybridized carbons (Fsp3) is 0.217. The molecule has 0 bridgehead atoms. The number of aryl methyl sites for hydroxylation is 2. The van der Waals surface area contributed by atoms with E-state index in [1.165, 1.54) is 50.2 Å². The normalized spacial score (nSPS) is 13.2. The van der Waals surface area contributed by atoms with Crippen LogP contribution in [-0.2, 0) is 19.2 Å². The number of alkyl halides is 2. The summed E-state index contributed by atoms with van der Waals surface area (Å²) in [6.07, 6.45) is 0. The first-order valence-corrected chi connectivity index (χ1v) is 21.2. The van der Waals surface area contributed by atoms with Crippen molar-refractivity contribution in [3.8, 4) is 0 Å². The Morgan fingerprint density at radius 3 is 1.23 bits per heavy atom. The summed E-state index contributed by atoms with van der Waals surface area (Å²) < 4.78 is 0. The van der Waals surface area contributed by atoms with Gasteiger partial charge in [-0.25, -0.2) is 0 Å². The molecule has 4 unspecified atom stereocenters. The molecule has 0 heterocycles. The van der Waals surface area contributed by atoms with E-state index in [-0.39, 0.29) is 43.3 Å². The van der Waals surface area contributed by atoms with Gasteiger partial charge in [0.25, 0.3) is 23.6 Å². The molecule has 0 aliphatic heterocycles. The predicted octanol–water partition coefficient (Wildman–Crippen LogP) is 12.1. The lowest BCUT2D eigenvalue weighted by Crippen LogP contribution is -2.32. The molecule has 0 fully saturated rings. The molecule has 64 heavy (non-hydrogen) atoms. The number of halogens is 4. The van der Waals surface area contributed by atoms with Gasteiger partial charge in [-0.3, -0.25) is 28.8 Å². The van der Waals surface area contributed by atoms with E-state index < -0.39 is 47.3 Å². The summed E-state index contributed by atoms with van der Waals surface area (Å²) in [5, 5.41) is 26.8. The van der Waals surface area contributed by atoms with E-state index in [2.05, 4.69) is 41.7 Å². The van der Waals surface area contributed by atoms with Crippen LogP contribution in [0, 0.1) is 13.8 Å². The first-order valence-electron chi connectivity index (χ1n) is 19.6. The number of rotatable bonds is 16. The summed E-state index contributed by atoms with van der Waals surface area (Å²) >= 11 is 25.1. The number of anilines is 4. The second-order valence-corrected chi connectivity index (χ2v) is 16.8. The second-order valence-electron chi connectivity index (χ2n) is 14.6. The maximum absolute atomic E-state index is 13.4. The van der Waals surface area contributed by atoms with E-state index in [0.29, 0.717) is 33.9 Å². The summed E-state index contributed by atoms with van der Waals surface area (Å²) in [6, 6.07) is 22.7. The van der Waals surface area contributed by atoms with Gasteiger partial charge in [0.05, 0.1) is 20.8 Å². The number of Topliss-reactive ketones (excluding diaryl/α,β-unsaturated/α-hetero) is 2. The van der Waals surface area contributed by atoms with Crippen molar-refractivity contribution >= 4 is 116 Å². The minimum absolute atomic E-state index is 0.0476. The zero-order valence-electron chi connectivity index (χ0n) is 35.3. The summed E-state index contributed by atoms with van der Waals surface area (Å²) in [4.78, 5) is 78.3. The molecule has 0 aromatic heterocycles. The Labute approximate surface area is 389 Å². The molecule has 0 saturated heterocycles. The fourth-order valence-corrected chi connectivity index (χ4v) is 6.54. The van der Waals surface area contributed by atoms with Crippen LogP contribution in [0.2, 0.25) is 10.0 Å². The van der Waals surface area contributed by atoms with Crippen molar-refractivity contribution in [2.75, 3.05) is 21.3 Å². The van der Waals surface area contributed by atoms with Gasteiger partial charge in [0.15, 0.2) is 11.6 Å². The molecule has 5 rings (SSSR count). The molecule has 4 N–H and O–H groups in total. The number of nitrogens with zero attached hydrogens (tertiary/aromatic N) is 4. The van der Waals surface area contributed by atoms with E-state index in [1.807, 2.05) is 26.0 Å². The van der Waals surface area contributed by atoms with Gasteiger partial charge in [-0.15, -0.1) is 23.2 Å². The quantitative estimate of drug-likeness (QED) is 0.0431. The Balaban J connectivity index is 1.26. The van der Waals surface area contributed by atoms with Crippen LogP contribution in [0.25, 0.3) is 0 Å². The van der Waals surface area contributed by atoms with E-state index in [4.69, 9.17) is 46.4 Å². The highest BCUT2D eigenvalue weighted by molar-refractivity contribution is 6.33. The third kappa shape index (κ3) is 12.9. The van der Waals surface area contributed by atoms with Gasteiger partial charge < -0.3 is 21.3 Å². The fourth-order valence-electron chi connectivity index (χ4n) is 5.96. The lowest BCUT2D eigenvalue weighted by Gasteiger charge is -2.16. The lowest BCUT2D eigenvalue weighted by molar-refractivity contribution is -0.127. The molecule has 4 atom stereocenters. The molecule has 0 saturated carbocycles. The van der Waals surface area contributed by atoms with Gasteiger partial charge in [-0.2, -0.15) is 20.5 Å². The van der Waals surface area contributed by atoms with E-state index in [0.717, 1.165) is 11.1 Å². The third-order valence-corrected chi connectivity index (χ3v) is 10.7. The van der Waals surface area contributed by atoms with Crippen LogP contribution in [0.5, 0.6) is 0 Å². The Morgan fingerprint density at radius 2 is 0.891 bits per heavy atom. The molecule has 18 heteroatoms. The van der Waals surface area contributed by atoms with Crippen LogP contribution in [-0.4, -0.2) is 47.3 Å². The van der Waals surface area contributed by atoms with E-state index in [1.54, 1.807) is 62.4 Å². The number of amides is 4. The first kappa shape index (κ1) is 48.7. The van der Waals surface area contributed by atoms with Crippen molar-refractivity contribution in [2.24, 2.45) is 20.5 Å². The maximum Gasteiger partial charge on any atom is 0.258 e. The van der Waals surface area contributed by atoms with E-state index in [9.17, 15) is 28.8 Å². The molecule has 330 valence electrons. The van der Waals surface area contributed by atoms with Crippen molar-refractivity contribution in [3.05, 3.63) is 140 Å². The molecule has 14 nitrogen and oxygen atoms in total. The minimum Gasteiger partial charge on any atom is -0.324 e. The lowest BCUT2D eigenvalue weighted by atomic mass is 10.1. The van der Waals surface area contributed by atoms with Gasteiger partial charge in [0.1, 0.15) is 11.4 Å². The highest BCUT2D eigenvalue weighted by atomic mass is 35.5. The van der Waals surface area contributed by atoms with Crippen LogP contribution >= 0.6 is 46.4 Å². The van der Waals surface area contributed by atoms with Gasteiger partial charge in [-0.1, -0.05) is 47.5 Å². The average Bonchev–Trinajstić information content (AvgIpc) is 3.23. The summed E-state index contributed by atoms with van der Waals surface area (Å²) in [5.74, 6) is -3.78. The first-order chi connectivity index (χ1) is 30.3. The third-order valence-electron chi connectivity index (χ3n) is 9.54. The highest BCUT2D eigenvalue weighted by Gasteiger charge is 2.26. The van der Waals surface area contributed by atoms with Crippen molar-refractivity contribution in [3.63, 3.8) is 0 Å². The number of azo groups is 2. The molecule has 0 radical (unpaired) electrons. The largest absolute Gasteiger partial charge is 0.324 e. The number of hydrogen-bond donors (Lipinski definition) is 4. The average molecular weight is 945 g/mol. The topological polar surface area (TPSA) is 200 Å². The molecule has 0 aliphatic rings. The molecule has 0 spiro atoms. The van der Waals surface area contributed by atoms with Gasteiger partial charge in [-0.05, 0) is 137 Å². The Bertz CT molecular complexity index is 2520. The number of hydrogen-bond acceptors (Lipinski definition) is 10. The Kier molecular flexibility index (Phi) is 16.6. The van der Waals surface area contributed by atoms with Gasteiger partial charge in [0, 0.05) is 33.9 Å². The SMILES string of the molecule is CC(=O)C(N=Nc1cc(C(=O)Nc2cccc(C(C)Cl)c2)ccc1Cl)C(=O)Nc1cc(C)c(NC(=O)C(N=Nc2cc(C(=O)Nc3cccc(C(C)Cl)c3)ccc2Cl)C(C)=O)cc1C. The van der Waals surface area contributed by atoms with Crippen LogP contribution in [0.4, 0.5) is 34.1 Å². The van der Waals surface area contributed by atoms with Crippen LogP contribution < -0.4 is 21.3 Å². The Hall–Kier alpha value is -6.32.